The molecule has 0 bridgehead atoms. The van der Waals surface area contributed by atoms with Crippen LogP contribution >= 0.6 is 0 Å². The van der Waals surface area contributed by atoms with Gasteiger partial charge in [-0.15, -0.1) is 0 Å². The molecule has 1 unspecified atom stereocenters. The van der Waals surface area contributed by atoms with Gasteiger partial charge in [-0.25, -0.2) is 0 Å². The first-order valence-corrected chi connectivity index (χ1v) is 16.1. The van der Waals surface area contributed by atoms with Gasteiger partial charge in [-0.05, 0) is 32.1 Å². The van der Waals surface area contributed by atoms with Crippen LogP contribution in [0.25, 0.3) is 0 Å². The number of carbonyl (C=O) groups excluding carboxylic acids is 2. The molecule has 0 fully saturated rings. The van der Waals surface area contributed by atoms with E-state index in [0.29, 0.717) is 12.8 Å². The number of hydrogen-bond acceptors (Lipinski definition) is 5. The predicted molar refractivity (Wildman–Crippen MR) is 164 cm³/mol. The summed E-state index contributed by atoms with van der Waals surface area (Å²) in [5, 5.41) is 9.48. The van der Waals surface area contributed by atoms with Gasteiger partial charge in [-0.1, -0.05) is 140 Å². The largest absolute Gasteiger partial charge is 0.462 e. The predicted octanol–water partition coefficient (Wildman–Crippen LogP) is 9.33. The fraction of sp³-hybridized carbons (Fsp3) is 0.765. The smallest absolute Gasteiger partial charge is 0.306 e. The van der Waals surface area contributed by atoms with Crippen molar-refractivity contribution in [3.63, 3.8) is 0 Å². The topological polar surface area (TPSA) is 72.8 Å². The van der Waals surface area contributed by atoms with Crippen molar-refractivity contribution in [3.05, 3.63) is 36.5 Å². The standard InChI is InChI=1S/C34H60O5/c1-3-5-7-9-11-13-15-17-19-20-22-24-26-28-33(36)38-31-32(30-35)39-34(37)29-27-25-23-21-18-16-14-12-10-8-6-4-2/h5,7,9,11,13,15,32,35H,3-4,6,8,10,12,14,16-31H2,1-2H3/b7-5+,11-9+,15-13+. The van der Waals surface area contributed by atoms with E-state index in [-0.39, 0.29) is 25.2 Å². The maximum absolute atomic E-state index is 12.1. The SMILES string of the molecule is CC/C=C/C=C/C=C/CCCCCCCC(=O)OCC(CO)OC(=O)CCCCCCCCCCCCCC. The third kappa shape index (κ3) is 28.9. The molecule has 0 aromatic carbocycles. The van der Waals surface area contributed by atoms with Gasteiger partial charge in [0.2, 0.25) is 0 Å². The fourth-order valence-electron chi connectivity index (χ4n) is 4.32. The van der Waals surface area contributed by atoms with Crippen molar-refractivity contribution in [3.8, 4) is 0 Å². The third-order valence-corrected chi connectivity index (χ3v) is 6.76. The molecule has 0 amide bonds. The molecule has 0 aromatic heterocycles. The summed E-state index contributed by atoms with van der Waals surface area (Å²) in [4.78, 5) is 24.0. The fourth-order valence-corrected chi connectivity index (χ4v) is 4.32. The molecule has 0 saturated heterocycles. The first-order chi connectivity index (χ1) is 19.1. The third-order valence-electron chi connectivity index (χ3n) is 6.76. The summed E-state index contributed by atoms with van der Waals surface area (Å²) in [6, 6.07) is 0. The summed E-state index contributed by atoms with van der Waals surface area (Å²) in [5.74, 6) is -0.617. The normalized spacial score (nSPS) is 12.6. The quantitative estimate of drug-likeness (QED) is 0.0599. The molecule has 0 radical (unpaired) electrons. The number of unbranched alkanes of at least 4 members (excludes halogenated alkanes) is 16. The molecular weight excluding hydrogens is 488 g/mol. The number of hydrogen-bond donors (Lipinski definition) is 1. The maximum atomic E-state index is 12.1. The minimum absolute atomic E-state index is 0.0749. The number of rotatable bonds is 28. The Morgan fingerprint density at radius 2 is 1.10 bits per heavy atom. The number of aliphatic hydroxyl groups is 1. The zero-order valence-corrected chi connectivity index (χ0v) is 25.4. The van der Waals surface area contributed by atoms with Gasteiger partial charge in [-0.2, -0.15) is 0 Å². The van der Waals surface area contributed by atoms with Crippen molar-refractivity contribution < 1.29 is 24.2 Å². The molecule has 0 aliphatic rings. The second-order valence-electron chi connectivity index (χ2n) is 10.6. The van der Waals surface area contributed by atoms with Gasteiger partial charge >= 0.3 is 11.9 Å². The molecule has 0 rings (SSSR count). The number of allylic oxidation sites excluding steroid dienone is 6. The monoisotopic (exact) mass is 548 g/mol. The van der Waals surface area contributed by atoms with Crippen LogP contribution in [0.3, 0.4) is 0 Å². The van der Waals surface area contributed by atoms with Crippen LogP contribution in [0.4, 0.5) is 0 Å². The Morgan fingerprint density at radius 1 is 0.615 bits per heavy atom. The molecule has 0 heterocycles. The highest BCUT2D eigenvalue weighted by molar-refractivity contribution is 5.70. The zero-order valence-electron chi connectivity index (χ0n) is 25.4. The highest BCUT2D eigenvalue weighted by Gasteiger charge is 2.16. The van der Waals surface area contributed by atoms with Gasteiger partial charge in [0.25, 0.3) is 0 Å². The van der Waals surface area contributed by atoms with Crippen LogP contribution in [-0.4, -0.2) is 36.4 Å². The van der Waals surface area contributed by atoms with Crippen LogP contribution in [-0.2, 0) is 19.1 Å². The van der Waals surface area contributed by atoms with Crippen LogP contribution in [0.5, 0.6) is 0 Å². The number of ether oxygens (including phenoxy) is 2. The Bertz CT molecular complexity index is 637. The summed E-state index contributed by atoms with van der Waals surface area (Å²) in [5.41, 5.74) is 0. The van der Waals surface area contributed by atoms with Gasteiger partial charge in [0.15, 0.2) is 6.10 Å². The van der Waals surface area contributed by atoms with Crippen molar-refractivity contribution in [1.29, 1.82) is 0 Å². The molecule has 0 saturated carbocycles. The van der Waals surface area contributed by atoms with Crippen molar-refractivity contribution in [1.82, 2.24) is 0 Å². The van der Waals surface area contributed by atoms with Crippen LogP contribution in [0, 0.1) is 0 Å². The molecule has 0 spiro atoms. The van der Waals surface area contributed by atoms with E-state index in [9.17, 15) is 14.7 Å². The number of esters is 2. The minimum atomic E-state index is -0.774. The van der Waals surface area contributed by atoms with Gasteiger partial charge in [0.05, 0.1) is 6.61 Å². The van der Waals surface area contributed by atoms with Gasteiger partial charge in [0, 0.05) is 12.8 Å². The molecule has 5 nitrogen and oxygen atoms in total. The van der Waals surface area contributed by atoms with Gasteiger partial charge in [-0.3, -0.25) is 9.59 Å². The first-order valence-electron chi connectivity index (χ1n) is 16.1. The van der Waals surface area contributed by atoms with Crippen molar-refractivity contribution in [2.45, 2.75) is 155 Å². The molecule has 39 heavy (non-hydrogen) atoms. The molecule has 1 N–H and O–H groups in total. The van der Waals surface area contributed by atoms with Gasteiger partial charge in [0.1, 0.15) is 6.61 Å². The summed E-state index contributed by atoms with van der Waals surface area (Å²) in [6.07, 6.45) is 34.8. The zero-order chi connectivity index (χ0) is 28.7. The van der Waals surface area contributed by atoms with Crippen LogP contribution < -0.4 is 0 Å². The Balaban J connectivity index is 3.63. The van der Waals surface area contributed by atoms with Crippen LogP contribution in [0.2, 0.25) is 0 Å². The summed E-state index contributed by atoms with van der Waals surface area (Å²) < 4.78 is 10.5. The lowest BCUT2D eigenvalue weighted by molar-refractivity contribution is -0.161. The Hall–Kier alpha value is -1.88. The molecular formula is C34H60O5. The van der Waals surface area contributed by atoms with E-state index in [4.69, 9.17) is 9.47 Å². The average Bonchev–Trinajstić information content (AvgIpc) is 2.94. The van der Waals surface area contributed by atoms with Crippen molar-refractivity contribution >= 4 is 11.9 Å². The lowest BCUT2D eigenvalue weighted by Crippen LogP contribution is -2.28. The molecule has 1 atom stereocenters. The molecule has 226 valence electrons. The highest BCUT2D eigenvalue weighted by atomic mass is 16.6. The van der Waals surface area contributed by atoms with E-state index in [2.05, 4.69) is 44.2 Å². The highest BCUT2D eigenvalue weighted by Crippen LogP contribution is 2.13. The average molecular weight is 549 g/mol. The van der Waals surface area contributed by atoms with Gasteiger partial charge < -0.3 is 14.6 Å². The second-order valence-corrected chi connectivity index (χ2v) is 10.6. The number of aliphatic hydroxyl groups excluding tert-OH is 1. The Kier molecular flexibility index (Phi) is 29.2. The van der Waals surface area contributed by atoms with Crippen molar-refractivity contribution in [2.24, 2.45) is 0 Å². The Morgan fingerprint density at radius 3 is 1.64 bits per heavy atom. The lowest BCUT2D eigenvalue weighted by atomic mass is 10.0. The van der Waals surface area contributed by atoms with E-state index in [0.717, 1.165) is 64.2 Å². The van der Waals surface area contributed by atoms with E-state index >= 15 is 0 Å². The summed E-state index contributed by atoms with van der Waals surface area (Å²) in [6.45, 7) is 3.96. The first kappa shape index (κ1) is 37.1. The molecule has 0 aromatic rings. The second kappa shape index (κ2) is 30.7. The van der Waals surface area contributed by atoms with Crippen LogP contribution in [0.15, 0.2) is 36.5 Å². The van der Waals surface area contributed by atoms with Crippen LogP contribution in [0.1, 0.15) is 149 Å². The Labute approximate surface area is 240 Å². The molecule has 0 aliphatic carbocycles. The van der Waals surface area contributed by atoms with E-state index < -0.39 is 6.10 Å². The summed E-state index contributed by atoms with van der Waals surface area (Å²) >= 11 is 0. The maximum Gasteiger partial charge on any atom is 0.306 e. The number of carbonyl (C=O) groups is 2. The molecule has 5 heteroatoms. The van der Waals surface area contributed by atoms with E-state index in [1.54, 1.807) is 0 Å². The van der Waals surface area contributed by atoms with E-state index in [1.807, 2.05) is 6.08 Å². The minimum Gasteiger partial charge on any atom is -0.462 e. The van der Waals surface area contributed by atoms with Crippen molar-refractivity contribution in [2.75, 3.05) is 13.2 Å². The summed E-state index contributed by atoms with van der Waals surface area (Å²) in [7, 11) is 0. The van der Waals surface area contributed by atoms with E-state index in [1.165, 1.54) is 57.8 Å². The lowest BCUT2D eigenvalue weighted by Gasteiger charge is -2.15. The molecule has 0 aliphatic heterocycles.